The van der Waals surface area contributed by atoms with Crippen molar-refractivity contribution in [3.63, 3.8) is 0 Å². The highest BCUT2D eigenvalue weighted by atomic mass is 16.4. The van der Waals surface area contributed by atoms with Crippen LogP contribution in [0.3, 0.4) is 0 Å². The van der Waals surface area contributed by atoms with Crippen molar-refractivity contribution in [1.82, 2.24) is 4.90 Å². The molecule has 0 rings (SSSR count). The van der Waals surface area contributed by atoms with Crippen molar-refractivity contribution in [3.8, 4) is 0 Å². The van der Waals surface area contributed by atoms with Crippen LogP contribution in [0.15, 0.2) is 12.7 Å². The van der Waals surface area contributed by atoms with Gasteiger partial charge in [-0.05, 0) is 6.92 Å². The second kappa shape index (κ2) is 4.49. The molecule has 0 aliphatic rings. The molecule has 0 heterocycles. The average Bonchev–Trinajstić information content (AvgIpc) is 1.98. The number of aliphatic carboxylic acids is 1. The highest BCUT2D eigenvalue weighted by Gasteiger charge is 2.17. The third-order valence-corrected chi connectivity index (χ3v) is 1.20. The standard InChI is InChI=1S/C7H11NO3/c1-3-5-8(4-2)6(9)7(10)11/h3H,1,4-5H2,2H3,(H,10,11). The SMILES string of the molecule is C=CCN(CC)C(=O)C(=O)O. The summed E-state index contributed by atoms with van der Waals surface area (Å²) >= 11 is 0. The number of likely N-dealkylation sites (N-methyl/N-ethyl adjacent to an activating group) is 1. The van der Waals surface area contributed by atoms with Gasteiger partial charge in [0.05, 0.1) is 0 Å². The Kier molecular flexibility index (Phi) is 3.95. The average molecular weight is 157 g/mol. The van der Waals surface area contributed by atoms with Gasteiger partial charge in [0.25, 0.3) is 0 Å². The maximum atomic E-state index is 10.7. The Balaban J connectivity index is 4.13. The van der Waals surface area contributed by atoms with Gasteiger partial charge < -0.3 is 10.0 Å². The minimum Gasteiger partial charge on any atom is -0.474 e. The third kappa shape index (κ3) is 2.84. The summed E-state index contributed by atoms with van der Waals surface area (Å²) in [6, 6.07) is 0. The highest BCUT2D eigenvalue weighted by Crippen LogP contribution is 1.89. The zero-order valence-corrected chi connectivity index (χ0v) is 6.41. The summed E-state index contributed by atoms with van der Waals surface area (Å²) in [5.41, 5.74) is 0. The lowest BCUT2D eigenvalue weighted by molar-refractivity contribution is -0.155. The van der Waals surface area contributed by atoms with Crippen molar-refractivity contribution in [3.05, 3.63) is 12.7 Å². The van der Waals surface area contributed by atoms with E-state index in [0.29, 0.717) is 6.54 Å². The molecular formula is C7H11NO3. The number of nitrogens with zero attached hydrogens (tertiary/aromatic N) is 1. The van der Waals surface area contributed by atoms with E-state index in [1.165, 1.54) is 11.0 Å². The molecule has 0 bridgehead atoms. The molecule has 62 valence electrons. The summed E-state index contributed by atoms with van der Waals surface area (Å²) in [6.45, 7) is 5.78. The van der Waals surface area contributed by atoms with E-state index < -0.39 is 11.9 Å². The summed E-state index contributed by atoms with van der Waals surface area (Å²) in [6.07, 6.45) is 1.49. The number of carbonyl (C=O) groups excluding carboxylic acids is 1. The Hall–Kier alpha value is -1.32. The number of carboxylic acids is 1. The first-order valence-electron chi connectivity index (χ1n) is 3.26. The lowest BCUT2D eigenvalue weighted by Crippen LogP contribution is -2.36. The van der Waals surface area contributed by atoms with Gasteiger partial charge in [-0.2, -0.15) is 0 Å². The fourth-order valence-corrected chi connectivity index (χ4v) is 0.647. The molecule has 0 unspecified atom stereocenters. The van der Waals surface area contributed by atoms with E-state index in [1.54, 1.807) is 6.92 Å². The van der Waals surface area contributed by atoms with E-state index in [-0.39, 0.29) is 6.54 Å². The number of carboxylic acid groups (broad SMARTS) is 1. The maximum Gasteiger partial charge on any atom is 0.394 e. The van der Waals surface area contributed by atoms with Crippen molar-refractivity contribution in [2.24, 2.45) is 0 Å². The molecule has 0 aliphatic heterocycles. The second-order valence-corrected chi connectivity index (χ2v) is 1.94. The first-order valence-corrected chi connectivity index (χ1v) is 3.26. The largest absolute Gasteiger partial charge is 0.474 e. The van der Waals surface area contributed by atoms with Gasteiger partial charge >= 0.3 is 11.9 Å². The van der Waals surface area contributed by atoms with Gasteiger partial charge in [0.15, 0.2) is 0 Å². The molecule has 0 saturated heterocycles. The molecule has 1 N–H and O–H groups in total. The quantitative estimate of drug-likeness (QED) is 0.467. The molecule has 0 spiro atoms. The lowest BCUT2D eigenvalue weighted by Gasteiger charge is -2.15. The topological polar surface area (TPSA) is 57.6 Å². The van der Waals surface area contributed by atoms with Crippen molar-refractivity contribution >= 4 is 11.9 Å². The zero-order chi connectivity index (χ0) is 8.85. The number of hydrogen-bond acceptors (Lipinski definition) is 2. The van der Waals surface area contributed by atoms with Crippen molar-refractivity contribution in [1.29, 1.82) is 0 Å². The van der Waals surface area contributed by atoms with Crippen LogP contribution >= 0.6 is 0 Å². The van der Waals surface area contributed by atoms with Gasteiger partial charge in [0.2, 0.25) is 0 Å². The van der Waals surface area contributed by atoms with Crippen LogP contribution in [-0.2, 0) is 9.59 Å². The Bertz CT molecular complexity index is 177. The summed E-state index contributed by atoms with van der Waals surface area (Å²) in [7, 11) is 0. The predicted octanol–water partition coefficient (Wildman–Crippen LogP) is 0.106. The van der Waals surface area contributed by atoms with Crippen LogP contribution in [0.2, 0.25) is 0 Å². The summed E-state index contributed by atoms with van der Waals surface area (Å²) in [5.74, 6) is -2.30. The molecule has 0 radical (unpaired) electrons. The van der Waals surface area contributed by atoms with E-state index in [9.17, 15) is 9.59 Å². The fraction of sp³-hybridized carbons (Fsp3) is 0.429. The van der Waals surface area contributed by atoms with Crippen molar-refractivity contribution in [2.75, 3.05) is 13.1 Å². The molecule has 0 fully saturated rings. The van der Waals surface area contributed by atoms with E-state index in [4.69, 9.17) is 5.11 Å². The number of hydrogen-bond donors (Lipinski definition) is 1. The number of amides is 1. The predicted molar refractivity (Wildman–Crippen MR) is 40.1 cm³/mol. The van der Waals surface area contributed by atoms with E-state index >= 15 is 0 Å². The Morgan fingerprint density at radius 3 is 2.45 bits per heavy atom. The van der Waals surface area contributed by atoms with Crippen molar-refractivity contribution < 1.29 is 14.7 Å². The smallest absolute Gasteiger partial charge is 0.394 e. The summed E-state index contributed by atoms with van der Waals surface area (Å²) < 4.78 is 0. The molecule has 0 aromatic rings. The van der Waals surface area contributed by atoms with E-state index in [2.05, 4.69) is 6.58 Å². The van der Waals surface area contributed by atoms with Crippen LogP contribution in [0.5, 0.6) is 0 Å². The van der Waals surface area contributed by atoms with Crippen LogP contribution in [0.4, 0.5) is 0 Å². The first-order chi connectivity index (χ1) is 5.13. The Morgan fingerprint density at radius 2 is 2.18 bits per heavy atom. The normalized spacial score (nSPS) is 8.82. The van der Waals surface area contributed by atoms with Gasteiger partial charge in [-0.25, -0.2) is 4.79 Å². The molecule has 4 heteroatoms. The first kappa shape index (κ1) is 9.68. The van der Waals surface area contributed by atoms with Crippen LogP contribution in [0.25, 0.3) is 0 Å². The van der Waals surface area contributed by atoms with Crippen LogP contribution in [0, 0.1) is 0 Å². The number of rotatable bonds is 3. The molecular weight excluding hydrogens is 146 g/mol. The van der Waals surface area contributed by atoms with Gasteiger partial charge in [0, 0.05) is 13.1 Å². The fourth-order valence-electron chi connectivity index (χ4n) is 0.647. The van der Waals surface area contributed by atoms with E-state index in [0.717, 1.165) is 0 Å². The second-order valence-electron chi connectivity index (χ2n) is 1.94. The van der Waals surface area contributed by atoms with Gasteiger partial charge in [-0.3, -0.25) is 4.79 Å². The zero-order valence-electron chi connectivity index (χ0n) is 6.41. The minimum atomic E-state index is -1.42. The molecule has 0 saturated carbocycles. The highest BCUT2D eigenvalue weighted by molar-refractivity contribution is 6.31. The Morgan fingerprint density at radius 1 is 1.64 bits per heavy atom. The minimum absolute atomic E-state index is 0.279. The Labute approximate surface area is 65.1 Å². The summed E-state index contributed by atoms with van der Waals surface area (Å²) in [4.78, 5) is 22.1. The monoisotopic (exact) mass is 157 g/mol. The molecule has 4 nitrogen and oxygen atoms in total. The molecule has 0 aromatic carbocycles. The molecule has 0 aromatic heterocycles. The molecule has 0 atom stereocenters. The van der Waals surface area contributed by atoms with Crippen LogP contribution in [-0.4, -0.2) is 35.0 Å². The third-order valence-electron chi connectivity index (χ3n) is 1.20. The number of carbonyl (C=O) groups is 2. The van der Waals surface area contributed by atoms with Gasteiger partial charge in [-0.1, -0.05) is 6.08 Å². The molecule has 11 heavy (non-hydrogen) atoms. The summed E-state index contributed by atoms with van der Waals surface area (Å²) in [5, 5.41) is 8.28. The van der Waals surface area contributed by atoms with Gasteiger partial charge in [0.1, 0.15) is 0 Å². The van der Waals surface area contributed by atoms with Gasteiger partial charge in [-0.15, -0.1) is 6.58 Å². The maximum absolute atomic E-state index is 10.7. The van der Waals surface area contributed by atoms with Crippen LogP contribution in [0.1, 0.15) is 6.92 Å². The molecule has 1 amide bonds. The van der Waals surface area contributed by atoms with Crippen LogP contribution < -0.4 is 0 Å². The van der Waals surface area contributed by atoms with E-state index in [1.807, 2.05) is 0 Å². The van der Waals surface area contributed by atoms with Crippen molar-refractivity contribution in [2.45, 2.75) is 6.92 Å². The molecule has 0 aliphatic carbocycles. The lowest BCUT2D eigenvalue weighted by atomic mass is 10.4.